The Morgan fingerprint density at radius 2 is 2.36 bits per heavy atom. The van der Waals surface area contributed by atoms with E-state index in [0.717, 1.165) is 12.0 Å². The summed E-state index contributed by atoms with van der Waals surface area (Å²) in [5.41, 5.74) is 0.267. The minimum absolute atomic E-state index is 0.0347. The lowest BCUT2D eigenvalue weighted by atomic mass is 9.86. The number of rotatable bonds is 1. The monoisotopic (exact) mass is 153 g/mol. The van der Waals surface area contributed by atoms with Crippen LogP contribution in [0.4, 0.5) is 0 Å². The second-order valence-electron chi connectivity index (χ2n) is 3.22. The van der Waals surface area contributed by atoms with Crippen molar-refractivity contribution < 1.29 is 5.11 Å². The Morgan fingerprint density at radius 1 is 1.73 bits per heavy atom. The summed E-state index contributed by atoms with van der Waals surface area (Å²) >= 11 is 0. The average molecular weight is 153 g/mol. The van der Waals surface area contributed by atoms with Crippen molar-refractivity contribution in [2.24, 2.45) is 4.99 Å². The smallest absolute Gasteiger partial charge is 0.105 e. The molecule has 1 rings (SSSR count). The summed E-state index contributed by atoms with van der Waals surface area (Å²) in [6, 6.07) is 0.0347. The highest BCUT2D eigenvalue weighted by molar-refractivity contribution is 5.74. The lowest BCUT2D eigenvalue weighted by Gasteiger charge is -2.32. The van der Waals surface area contributed by atoms with E-state index in [1.54, 1.807) is 6.21 Å². The molecule has 0 aromatic carbocycles. The first-order valence-corrected chi connectivity index (χ1v) is 4.02. The van der Waals surface area contributed by atoms with Crippen molar-refractivity contribution in [3.63, 3.8) is 0 Å². The number of aliphatic imine (C=N–C) groups is 1. The van der Waals surface area contributed by atoms with Gasteiger partial charge in [-0.25, -0.2) is 0 Å². The number of aliphatic hydroxyl groups is 1. The number of allylic oxidation sites excluding steroid dienone is 1. The van der Waals surface area contributed by atoms with Gasteiger partial charge >= 0.3 is 0 Å². The number of nitrogens with zero attached hydrogens (tertiary/aromatic N) is 1. The third kappa shape index (κ3) is 1.36. The van der Waals surface area contributed by atoms with Crippen LogP contribution in [0.1, 0.15) is 27.2 Å². The summed E-state index contributed by atoms with van der Waals surface area (Å²) in [4.78, 5) is 4.20. The summed E-state index contributed by atoms with van der Waals surface area (Å²) < 4.78 is 0. The van der Waals surface area contributed by atoms with E-state index < -0.39 is 5.60 Å². The second-order valence-corrected chi connectivity index (χ2v) is 3.22. The number of dihydropyridines is 1. The van der Waals surface area contributed by atoms with E-state index in [0.29, 0.717) is 0 Å². The first-order chi connectivity index (χ1) is 5.09. The Morgan fingerprint density at radius 3 is 2.82 bits per heavy atom. The molecule has 2 unspecified atom stereocenters. The van der Waals surface area contributed by atoms with Crippen LogP contribution in [0.5, 0.6) is 0 Å². The van der Waals surface area contributed by atoms with Crippen LogP contribution in [0.25, 0.3) is 0 Å². The molecule has 0 aromatic heterocycles. The van der Waals surface area contributed by atoms with Crippen molar-refractivity contribution >= 4 is 6.21 Å². The summed E-state index contributed by atoms with van der Waals surface area (Å²) in [6.45, 7) is 5.80. The van der Waals surface area contributed by atoms with E-state index in [1.165, 1.54) is 0 Å². The van der Waals surface area contributed by atoms with Crippen LogP contribution in [0.15, 0.2) is 16.6 Å². The van der Waals surface area contributed by atoms with E-state index in [9.17, 15) is 5.11 Å². The van der Waals surface area contributed by atoms with Gasteiger partial charge in [-0.2, -0.15) is 0 Å². The molecule has 0 amide bonds. The predicted octanol–water partition coefficient (Wildman–Crippen LogP) is 1.55. The quantitative estimate of drug-likeness (QED) is 0.609. The molecule has 0 radical (unpaired) electrons. The zero-order chi connectivity index (χ0) is 8.48. The number of hydrogen-bond acceptors (Lipinski definition) is 2. The predicted molar refractivity (Wildman–Crippen MR) is 47.0 cm³/mol. The Hall–Kier alpha value is -0.630. The van der Waals surface area contributed by atoms with E-state index in [1.807, 2.05) is 26.8 Å². The minimum Gasteiger partial charge on any atom is -0.384 e. The molecule has 1 aliphatic heterocycles. The fourth-order valence-electron chi connectivity index (χ4n) is 1.34. The van der Waals surface area contributed by atoms with Gasteiger partial charge in [0.25, 0.3) is 0 Å². The van der Waals surface area contributed by atoms with Crippen LogP contribution < -0.4 is 0 Å². The van der Waals surface area contributed by atoms with Crippen LogP contribution in [0, 0.1) is 0 Å². The molecule has 0 bridgehead atoms. The van der Waals surface area contributed by atoms with Gasteiger partial charge in [-0.3, -0.25) is 4.99 Å². The maximum absolute atomic E-state index is 9.92. The van der Waals surface area contributed by atoms with Gasteiger partial charge in [-0.1, -0.05) is 6.92 Å². The third-order valence-electron chi connectivity index (χ3n) is 2.42. The fraction of sp³-hybridized carbons (Fsp3) is 0.667. The Bertz CT molecular complexity index is 204. The highest BCUT2D eigenvalue weighted by Gasteiger charge is 2.32. The number of hydrogen-bond donors (Lipinski definition) is 1. The summed E-state index contributed by atoms with van der Waals surface area (Å²) in [6.07, 6.45) is 4.53. The molecule has 0 saturated carbocycles. The van der Waals surface area contributed by atoms with Gasteiger partial charge in [-0.15, -0.1) is 0 Å². The van der Waals surface area contributed by atoms with Crippen molar-refractivity contribution in [2.75, 3.05) is 0 Å². The normalized spacial score (nSPS) is 37.1. The first kappa shape index (κ1) is 8.47. The summed E-state index contributed by atoms with van der Waals surface area (Å²) in [5, 5.41) is 9.92. The average Bonchev–Trinajstić information content (AvgIpc) is 1.95. The Balaban J connectivity index is 2.89. The first-order valence-electron chi connectivity index (χ1n) is 4.02. The molecule has 1 N–H and O–H groups in total. The topological polar surface area (TPSA) is 32.6 Å². The largest absolute Gasteiger partial charge is 0.384 e. The Labute approximate surface area is 67.7 Å². The standard InChI is InChI=1S/C9H15NO/c1-4-8-9(3,11)7(2)5-6-10-8/h5-6,8,11H,4H2,1-3H3. The highest BCUT2D eigenvalue weighted by atomic mass is 16.3. The van der Waals surface area contributed by atoms with Gasteiger partial charge in [0.05, 0.1) is 6.04 Å². The van der Waals surface area contributed by atoms with Gasteiger partial charge in [0.15, 0.2) is 0 Å². The van der Waals surface area contributed by atoms with Crippen molar-refractivity contribution in [1.82, 2.24) is 0 Å². The van der Waals surface area contributed by atoms with E-state index in [-0.39, 0.29) is 6.04 Å². The van der Waals surface area contributed by atoms with Gasteiger partial charge < -0.3 is 5.11 Å². The molecule has 0 aromatic rings. The zero-order valence-electron chi connectivity index (χ0n) is 7.33. The molecular formula is C9H15NO. The van der Waals surface area contributed by atoms with Gasteiger partial charge in [-0.05, 0) is 31.9 Å². The highest BCUT2D eigenvalue weighted by Crippen LogP contribution is 2.26. The molecule has 1 aliphatic rings. The molecule has 2 heteroatoms. The summed E-state index contributed by atoms with van der Waals surface area (Å²) in [7, 11) is 0. The minimum atomic E-state index is -0.733. The molecule has 0 saturated heterocycles. The van der Waals surface area contributed by atoms with Crippen LogP contribution in [0.2, 0.25) is 0 Å². The van der Waals surface area contributed by atoms with Crippen molar-refractivity contribution in [3.05, 3.63) is 11.6 Å². The third-order valence-corrected chi connectivity index (χ3v) is 2.42. The van der Waals surface area contributed by atoms with Crippen molar-refractivity contribution in [3.8, 4) is 0 Å². The molecule has 0 fully saturated rings. The molecule has 2 nitrogen and oxygen atoms in total. The van der Waals surface area contributed by atoms with E-state index in [2.05, 4.69) is 4.99 Å². The molecule has 2 atom stereocenters. The van der Waals surface area contributed by atoms with E-state index in [4.69, 9.17) is 0 Å². The molecule has 0 aliphatic carbocycles. The molecule has 1 heterocycles. The molecule has 0 spiro atoms. The van der Waals surface area contributed by atoms with Crippen LogP contribution in [0.3, 0.4) is 0 Å². The SMILES string of the molecule is CCC1N=CC=C(C)C1(C)O. The van der Waals surface area contributed by atoms with Crippen LogP contribution in [-0.4, -0.2) is 23.0 Å². The van der Waals surface area contributed by atoms with Gasteiger partial charge in [0.1, 0.15) is 5.60 Å². The van der Waals surface area contributed by atoms with Crippen molar-refractivity contribution in [1.29, 1.82) is 0 Å². The maximum Gasteiger partial charge on any atom is 0.105 e. The summed E-state index contributed by atoms with van der Waals surface area (Å²) in [5.74, 6) is 0. The molecule has 62 valence electrons. The fourth-order valence-corrected chi connectivity index (χ4v) is 1.34. The van der Waals surface area contributed by atoms with Crippen molar-refractivity contribution in [2.45, 2.75) is 38.8 Å². The van der Waals surface area contributed by atoms with Crippen LogP contribution >= 0.6 is 0 Å². The van der Waals surface area contributed by atoms with E-state index >= 15 is 0 Å². The van der Waals surface area contributed by atoms with Crippen LogP contribution in [-0.2, 0) is 0 Å². The zero-order valence-corrected chi connectivity index (χ0v) is 7.33. The second kappa shape index (κ2) is 2.78. The van der Waals surface area contributed by atoms with Gasteiger partial charge in [0.2, 0.25) is 0 Å². The molecule has 11 heavy (non-hydrogen) atoms. The molecular weight excluding hydrogens is 138 g/mol. The van der Waals surface area contributed by atoms with Gasteiger partial charge in [0, 0.05) is 6.21 Å². The lowest BCUT2D eigenvalue weighted by Crippen LogP contribution is -2.40. The Kier molecular flexibility index (Phi) is 2.14. The maximum atomic E-state index is 9.92. The lowest BCUT2D eigenvalue weighted by molar-refractivity contribution is 0.0681.